The molecule has 0 aliphatic rings. The van der Waals surface area contributed by atoms with Crippen LogP contribution in [0.5, 0.6) is 0 Å². The highest BCUT2D eigenvalue weighted by atomic mass is 28.4. The van der Waals surface area contributed by atoms with Crippen molar-refractivity contribution in [1.82, 2.24) is 0 Å². The molecule has 0 aliphatic carbocycles. The summed E-state index contributed by atoms with van der Waals surface area (Å²) in [5, 5.41) is 1.08. The van der Waals surface area contributed by atoms with Crippen molar-refractivity contribution in [1.29, 1.82) is 0 Å². The van der Waals surface area contributed by atoms with Gasteiger partial charge in [-0.2, -0.15) is 0 Å². The van der Waals surface area contributed by atoms with E-state index in [1.54, 1.807) is 25.6 Å². The lowest BCUT2D eigenvalue weighted by molar-refractivity contribution is 0.224. The minimum atomic E-state index is -2.33. The molecule has 0 spiro atoms. The van der Waals surface area contributed by atoms with Crippen LogP contribution in [0.1, 0.15) is 13.8 Å². The van der Waals surface area contributed by atoms with E-state index in [1.165, 1.54) is 0 Å². The Balaban J connectivity index is 0.000000433. The van der Waals surface area contributed by atoms with Crippen molar-refractivity contribution < 1.29 is 17.7 Å². The molecule has 6 heteroatoms. The summed E-state index contributed by atoms with van der Waals surface area (Å²) >= 11 is 0. The second-order valence-corrected chi connectivity index (χ2v) is 9.17. The van der Waals surface area contributed by atoms with Gasteiger partial charge in [0, 0.05) is 27.4 Å². The molecule has 1 aromatic rings. The number of rotatable bonds is 9. The summed E-state index contributed by atoms with van der Waals surface area (Å²) in [4.78, 5) is 0. The summed E-state index contributed by atoms with van der Waals surface area (Å²) in [6.45, 7) is 12.7. The van der Waals surface area contributed by atoms with Crippen LogP contribution >= 0.6 is 0 Å². The summed E-state index contributed by atoms with van der Waals surface area (Å²) < 4.78 is 21.3. The molecule has 0 saturated carbocycles. The Bertz CT molecular complexity index is 402. The van der Waals surface area contributed by atoms with Gasteiger partial charge in [0.15, 0.2) is 0 Å². The van der Waals surface area contributed by atoms with Crippen LogP contribution in [0, 0.1) is 0 Å². The van der Waals surface area contributed by atoms with Crippen LogP contribution in [0.4, 0.5) is 0 Å². The molecule has 124 valence electrons. The summed E-state index contributed by atoms with van der Waals surface area (Å²) in [6.07, 6.45) is 0. The summed E-state index contributed by atoms with van der Waals surface area (Å²) in [5.74, 6) is 0. The first kappa shape index (κ1) is 21.0. The number of hydrogen-bond acceptors (Lipinski definition) is 4. The highest BCUT2D eigenvalue weighted by Crippen LogP contribution is 2.06. The van der Waals surface area contributed by atoms with Gasteiger partial charge >= 0.3 is 17.8 Å². The van der Waals surface area contributed by atoms with Gasteiger partial charge in [-0.1, -0.05) is 36.0 Å². The molecule has 0 amide bonds. The topological polar surface area (TPSA) is 36.9 Å². The van der Waals surface area contributed by atoms with E-state index < -0.39 is 17.8 Å². The van der Waals surface area contributed by atoms with Crippen LogP contribution in [0.3, 0.4) is 0 Å². The molecule has 0 atom stereocenters. The Morgan fingerprint density at radius 1 is 1.00 bits per heavy atom. The largest absolute Gasteiger partial charge is 0.398 e. The molecular weight excluding hydrogens is 312 g/mol. The minimum absolute atomic E-state index is 0.725. The smallest absolute Gasteiger partial charge is 0.394 e. The molecule has 0 unspecified atom stereocenters. The van der Waals surface area contributed by atoms with Crippen molar-refractivity contribution >= 4 is 23.0 Å². The molecule has 1 rings (SSSR count). The van der Waals surface area contributed by atoms with E-state index in [0.717, 1.165) is 18.4 Å². The second-order valence-electron chi connectivity index (χ2n) is 4.16. The molecular formula is C16H28O4Si2. The highest BCUT2D eigenvalue weighted by Gasteiger charge is 2.34. The fourth-order valence-corrected chi connectivity index (χ4v) is 4.68. The van der Waals surface area contributed by atoms with Crippen LogP contribution < -0.4 is 5.19 Å². The predicted molar refractivity (Wildman–Crippen MR) is 96.6 cm³/mol. The molecule has 0 aromatic heterocycles. The fourth-order valence-electron chi connectivity index (χ4n) is 1.79. The molecule has 4 nitrogen and oxygen atoms in total. The predicted octanol–water partition coefficient (Wildman–Crippen LogP) is 2.36. The van der Waals surface area contributed by atoms with E-state index >= 15 is 0 Å². The molecule has 0 radical (unpaired) electrons. The monoisotopic (exact) mass is 340 g/mol. The first-order valence-corrected chi connectivity index (χ1v) is 10.8. The van der Waals surface area contributed by atoms with Crippen LogP contribution in [-0.2, 0) is 17.7 Å². The lowest BCUT2D eigenvalue weighted by Gasteiger charge is -2.23. The van der Waals surface area contributed by atoms with E-state index in [-0.39, 0.29) is 0 Å². The average Bonchev–Trinajstić information content (AvgIpc) is 2.58. The van der Waals surface area contributed by atoms with Gasteiger partial charge in [-0.05, 0) is 24.7 Å². The maximum atomic E-state index is 5.42. The van der Waals surface area contributed by atoms with Crippen LogP contribution in [0.2, 0.25) is 0 Å². The van der Waals surface area contributed by atoms with Crippen molar-refractivity contribution in [2.75, 3.05) is 27.4 Å². The van der Waals surface area contributed by atoms with Crippen molar-refractivity contribution in [3.05, 3.63) is 54.9 Å². The highest BCUT2D eigenvalue weighted by molar-refractivity contribution is 6.85. The molecule has 0 bridgehead atoms. The lowest BCUT2D eigenvalue weighted by atomic mass is 10.4. The standard InChI is InChI=1S/C10H14O2Si.C6H14O2Si/c1-4-13(11-2,12-3)10-8-6-5-7-9-10;1-4-7-9(6-3)8-5-2/h4-9H,1H2,2-3H3;6,9H,3-5H2,1-2H3. The number of hydrogen-bond donors (Lipinski definition) is 0. The molecule has 0 heterocycles. The van der Waals surface area contributed by atoms with Crippen molar-refractivity contribution in [3.63, 3.8) is 0 Å². The third-order valence-corrected chi connectivity index (χ3v) is 7.50. The molecule has 0 N–H and O–H groups in total. The fraction of sp³-hybridized carbons (Fsp3) is 0.375. The van der Waals surface area contributed by atoms with Crippen LogP contribution in [0.15, 0.2) is 54.9 Å². The first-order chi connectivity index (χ1) is 10.6. The maximum absolute atomic E-state index is 5.42. The van der Waals surface area contributed by atoms with Gasteiger partial charge in [0.25, 0.3) is 0 Å². The number of benzene rings is 1. The molecule has 1 aromatic carbocycles. The maximum Gasteiger partial charge on any atom is 0.398 e. The minimum Gasteiger partial charge on any atom is -0.394 e. The average molecular weight is 341 g/mol. The Labute approximate surface area is 137 Å². The third kappa shape index (κ3) is 6.82. The van der Waals surface area contributed by atoms with Gasteiger partial charge < -0.3 is 17.7 Å². The summed E-state index contributed by atoms with van der Waals surface area (Å²) in [7, 11) is -0.464. The molecule has 0 fully saturated rings. The third-order valence-electron chi connectivity index (χ3n) is 2.91. The van der Waals surface area contributed by atoms with Crippen molar-refractivity contribution in [2.24, 2.45) is 0 Å². The van der Waals surface area contributed by atoms with Crippen LogP contribution in [0.25, 0.3) is 0 Å². The van der Waals surface area contributed by atoms with Gasteiger partial charge in [0.1, 0.15) is 0 Å². The van der Waals surface area contributed by atoms with Gasteiger partial charge in [-0.25, -0.2) is 0 Å². The zero-order chi connectivity index (χ0) is 16.8. The van der Waals surface area contributed by atoms with Gasteiger partial charge in [-0.3, -0.25) is 0 Å². The van der Waals surface area contributed by atoms with Gasteiger partial charge in [0.05, 0.1) is 0 Å². The van der Waals surface area contributed by atoms with E-state index in [4.69, 9.17) is 17.7 Å². The zero-order valence-corrected chi connectivity index (χ0v) is 16.2. The Kier molecular flexibility index (Phi) is 11.9. The Hall–Kier alpha value is -1.03. The van der Waals surface area contributed by atoms with E-state index in [0.29, 0.717) is 0 Å². The Morgan fingerprint density at radius 2 is 1.50 bits per heavy atom. The molecule has 0 aliphatic heterocycles. The SMILES string of the molecule is C=C[SiH](OCC)OCC.C=C[Si](OC)(OC)c1ccccc1. The Morgan fingerprint density at radius 3 is 1.82 bits per heavy atom. The first-order valence-electron chi connectivity index (χ1n) is 7.29. The zero-order valence-electron chi connectivity index (χ0n) is 14.1. The summed E-state index contributed by atoms with van der Waals surface area (Å²) in [5.41, 5.74) is 3.56. The van der Waals surface area contributed by atoms with Crippen molar-refractivity contribution in [2.45, 2.75) is 13.8 Å². The second kappa shape index (κ2) is 12.5. The van der Waals surface area contributed by atoms with E-state index in [9.17, 15) is 0 Å². The van der Waals surface area contributed by atoms with E-state index in [2.05, 4.69) is 13.2 Å². The van der Waals surface area contributed by atoms with Gasteiger partial charge in [-0.15, -0.1) is 13.2 Å². The normalized spacial score (nSPS) is 10.8. The molecule has 0 saturated heterocycles. The quantitative estimate of drug-likeness (QED) is 0.647. The molecule has 22 heavy (non-hydrogen) atoms. The van der Waals surface area contributed by atoms with Gasteiger partial charge in [0.2, 0.25) is 0 Å². The van der Waals surface area contributed by atoms with Crippen molar-refractivity contribution in [3.8, 4) is 0 Å². The lowest BCUT2D eigenvalue weighted by Crippen LogP contribution is -2.50. The summed E-state index contributed by atoms with van der Waals surface area (Å²) in [6, 6.07) is 9.91. The van der Waals surface area contributed by atoms with E-state index in [1.807, 2.05) is 44.2 Å². The van der Waals surface area contributed by atoms with Crippen LogP contribution in [-0.4, -0.2) is 45.3 Å².